The second kappa shape index (κ2) is 7.88. The molecule has 5 aliphatic rings. The number of allylic oxidation sites excluding steroid dienone is 2. The van der Waals surface area contributed by atoms with Crippen molar-refractivity contribution in [1.82, 2.24) is 15.1 Å². The van der Waals surface area contributed by atoms with Gasteiger partial charge in [0, 0.05) is 37.0 Å². The highest BCUT2D eigenvalue weighted by Crippen LogP contribution is 2.46. The fourth-order valence-electron chi connectivity index (χ4n) is 5.90. The van der Waals surface area contributed by atoms with Gasteiger partial charge in [-0.25, -0.2) is 8.78 Å². The first kappa shape index (κ1) is 20.7. The van der Waals surface area contributed by atoms with E-state index in [2.05, 4.69) is 42.4 Å². The molecule has 1 aromatic rings. The summed E-state index contributed by atoms with van der Waals surface area (Å²) in [6, 6.07) is 1.76. The van der Waals surface area contributed by atoms with Crippen molar-refractivity contribution in [2.45, 2.75) is 50.0 Å². The lowest BCUT2D eigenvalue weighted by Gasteiger charge is -2.42. The van der Waals surface area contributed by atoms with E-state index in [9.17, 15) is 4.39 Å². The summed E-state index contributed by atoms with van der Waals surface area (Å²) in [5, 5.41) is 6.75. The molecular formula is C23H27BrF2N4O2. The number of anilines is 1. The molecule has 2 saturated heterocycles. The van der Waals surface area contributed by atoms with Gasteiger partial charge < -0.3 is 19.7 Å². The predicted octanol–water partition coefficient (Wildman–Crippen LogP) is 4.37. The fraction of sp³-hybridized carbons (Fsp3) is 0.565. The Bertz CT molecular complexity index is 1000. The van der Waals surface area contributed by atoms with E-state index in [4.69, 9.17) is 9.47 Å². The maximum Gasteiger partial charge on any atom is 0.286 e. The van der Waals surface area contributed by atoms with E-state index in [1.54, 1.807) is 6.07 Å². The number of rotatable bonds is 3. The van der Waals surface area contributed by atoms with E-state index in [0.717, 1.165) is 55.7 Å². The van der Waals surface area contributed by atoms with Gasteiger partial charge in [0.25, 0.3) is 5.95 Å². The van der Waals surface area contributed by atoms with Crippen LogP contribution in [0.3, 0.4) is 0 Å². The van der Waals surface area contributed by atoms with Crippen molar-refractivity contribution >= 4 is 21.6 Å². The topological polar surface area (TPSA) is 49.0 Å². The molecule has 1 unspecified atom stereocenters. The zero-order valence-electron chi connectivity index (χ0n) is 17.8. The highest BCUT2D eigenvalue weighted by Gasteiger charge is 2.49. The number of benzene rings is 1. The van der Waals surface area contributed by atoms with Crippen LogP contribution in [0.4, 0.5) is 14.5 Å². The Hall–Kier alpha value is -1.84. The maximum atomic E-state index is 15.3. The summed E-state index contributed by atoms with van der Waals surface area (Å²) in [7, 11) is 0. The lowest BCUT2D eigenvalue weighted by Crippen LogP contribution is -2.45. The Labute approximate surface area is 194 Å². The van der Waals surface area contributed by atoms with Crippen LogP contribution in [0.1, 0.15) is 43.8 Å². The van der Waals surface area contributed by atoms with Gasteiger partial charge in [-0.2, -0.15) is 0 Å². The molecule has 2 N–H and O–H groups in total. The van der Waals surface area contributed by atoms with Crippen LogP contribution in [0.2, 0.25) is 0 Å². The first-order chi connectivity index (χ1) is 15.5. The number of nitrogens with zero attached hydrogens (tertiary/aromatic N) is 2. The Morgan fingerprint density at radius 1 is 1.31 bits per heavy atom. The van der Waals surface area contributed by atoms with Crippen LogP contribution in [0.15, 0.2) is 34.3 Å². The van der Waals surface area contributed by atoms with Gasteiger partial charge in [-0.15, -0.1) is 0 Å². The van der Waals surface area contributed by atoms with E-state index in [1.165, 1.54) is 0 Å². The number of hydrogen-bond acceptors (Lipinski definition) is 6. The molecular weight excluding hydrogens is 482 g/mol. The summed E-state index contributed by atoms with van der Waals surface area (Å²) in [4.78, 5) is 4.46. The second-order valence-corrected chi connectivity index (χ2v) is 10.2. The maximum absolute atomic E-state index is 15.3. The van der Waals surface area contributed by atoms with Crippen LogP contribution in [-0.4, -0.2) is 54.4 Å². The zero-order chi connectivity index (χ0) is 21.9. The number of alkyl halides is 1. The molecule has 5 heterocycles. The highest BCUT2D eigenvalue weighted by atomic mass is 79.9. The third-order valence-corrected chi connectivity index (χ3v) is 7.95. The Balaban J connectivity index is 1.38. The van der Waals surface area contributed by atoms with Gasteiger partial charge in [-0.3, -0.25) is 10.2 Å². The minimum atomic E-state index is -0.824. The molecule has 0 aromatic heterocycles. The summed E-state index contributed by atoms with van der Waals surface area (Å²) < 4.78 is 42.2. The number of halogens is 3. The summed E-state index contributed by atoms with van der Waals surface area (Å²) in [5.74, 6) is -0.0380. The number of nitrogens with one attached hydrogen (secondary N) is 2. The monoisotopic (exact) mass is 508 g/mol. The van der Waals surface area contributed by atoms with Gasteiger partial charge in [0.2, 0.25) is 0 Å². The summed E-state index contributed by atoms with van der Waals surface area (Å²) in [6.45, 7) is 3.13. The van der Waals surface area contributed by atoms with Crippen LogP contribution in [0, 0.1) is 5.82 Å². The Morgan fingerprint density at radius 3 is 3.12 bits per heavy atom. The number of ether oxygens (including phenoxy) is 2. The summed E-state index contributed by atoms with van der Waals surface area (Å²) in [6.07, 6.45) is 7.45. The standard InChI is InChI=1S/C23H27BrF2N4O2/c24-16-9-17-19-21(20(16)26)32-18(31-12-23-5-3-6-29(23)11-14(25)10-23)8-15-4-1-2-7-30(15)22(19)28-13-27-17/h4,8-9,14,22,27-28H,1-3,5-7,10-13H2/t14-,22?,23+/m1/s1. The molecule has 32 heavy (non-hydrogen) atoms. The largest absolute Gasteiger partial charge is 0.463 e. The number of hydrogen-bond donors (Lipinski definition) is 2. The van der Waals surface area contributed by atoms with E-state index in [-0.39, 0.29) is 23.4 Å². The van der Waals surface area contributed by atoms with E-state index >= 15 is 4.39 Å². The van der Waals surface area contributed by atoms with Crippen LogP contribution in [0.5, 0.6) is 5.75 Å². The molecule has 0 saturated carbocycles. The molecule has 0 radical (unpaired) electrons. The zero-order valence-corrected chi connectivity index (χ0v) is 19.4. The first-order valence-electron chi connectivity index (χ1n) is 11.4. The van der Waals surface area contributed by atoms with Crippen molar-refractivity contribution in [3.8, 4) is 5.75 Å². The molecule has 3 atom stereocenters. The molecule has 172 valence electrons. The van der Waals surface area contributed by atoms with Crippen LogP contribution in [0.25, 0.3) is 0 Å². The van der Waals surface area contributed by atoms with Crippen LogP contribution >= 0.6 is 15.9 Å². The summed E-state index contributed by atoms with van der Waals surface area (Å²) >= 11 is 3.33. The molecule has 0 aliphatic carbocycles. The van der Waals surface area contributed by atoms with Crippen LogP contribution in [-0.2, 0) is 4.74 Å². The number of fused-ring (bicyclic) bond motifs is 3. The van der Waals surface area contributed by atoms with Crippen molar-refractivity contribution in [3.63, 3.8) is 0 Å². The van der Waals surface area contributed by atoms with Gasteiger partial charge in [0.05, 0.1) is 22.2 Å². The molecule has 2 fully saturated rings. The van der Waals surface area contributed by atoms with Crippen LogP contribution < -0.4 is 15.4 Å². The van der Waals surface area contributed by atoms with Crippen molar-refractivity contribution in [3.05, 3.63) is 45.7 Å². The highest BCUT2D eigenvalue weighted by molar-refractivity contribution is 9.10. The quantitative estimate of drug-likeness (QED) is 0.632. The third-order valence-electron chi connectivity index (χ3n) is 7.37. The molecule has 6 rings (SSSR count). The molecule has 5 aliphatic heterocycles. The predicted molar refractivity (Wildman–Crippen MR) is 120 cm³/mol. The SMILES string of the molecule is Fc1c(Br)cc2c3c1OC(OC[C@@]14CCCN1C[C@H](F)C4)=CC1=CCCCN1C3NCN2. The lowest BCUT2D eigenvalue weighted by atomic mass is 9.95. The van der Waals surface area contributed by atoms with Crippen molar-refractivity contribution in [2.24, 2.45) is 0 Å². The molecule has 0 bridgehead atoms. The molecule has 0 amide bonds. The van der Waals surface area contributed by atoms with E-state index in [1.807, 2.05) is 6.08 Å². The van der Waals surface area contributed by atoms with Crippen molar-refractivity contribution < 1.29 is 18.3 Å². The fourth-order valence-corrected chi connectivity index (χ4v) is 6.31. The van der Waals surface area contributed by atoms with Gasteiger partial charge in [-0.1, -0.05) is 6.08 Å². The average molecular weight is 509 g/mol. The van der Waals surface area contributed by atoms with Gasteiger partial charge in [0.15, 0.2) is 11.6 Å². The second-order valence-electron chi connectivity index (χ2n) is 9.32. The first-order valence-corrected chi connectivity index (χ1v) is 12.2. The van der Waals surface area contributed by atoms with Gasteiger partial charge in [-0.05, 0) is 54.2 Å². The minimum absolute atomic E-state index is 0.158. The third kappa shape index (κ3) is 3.31. The smallest absolute Gasteiger partial charge is 0.286 e. The molecule has 1 aromatic carbocycles. The minimum Gasteiger partial charge on any atom is -0.463 e. The van der Waals surface area contributed by atoms with Gasteiger partial charge >= 0.3 is 0 Å². The normalized spacial score (nSPS) is 31.3. The molecule has 6 nitrogen and oxygen atoms in total. The van der Waals surface area contributed by atoms with E-state index < -0.39 is 12.0 Å². The van der Waals surface area contributed by atoms with E-state index in [0.29, 0.717) is 30.7 Å². The van der Waals surface area contributed by atoms with Crippen molar-refractivity contribution in [2.75, 3.05) is 38.2 Å². The van der Waals surface area contributed by atoms with Crippen molar-refractivity contribution in [1.29, 1.82) is 0 Å². The Morgan fingerprint density at radius 2 is 2.22 bits per heavy atom. The summed E-state index contributed by atoms with van der Waals surface area (Å²) in [5.41, 5.74) is 2.28. The molecule has 0 spiro atoms. The van der Waals surface area contributed by atoms with Gasteiger partial charge in [0.1, 0.15) is 18.9 Å². The molecule has 9 heteroatoms. The average Bonchev–Trinajstić information content (AvgIpc) is 3.29. The lowest BCUT2D eigenvalue weighted by molar-refractivity contribution is 0.0250. The Kier molecular flexibility index (Phi) is 5.11.